The van der Waals surface area contributed by atoms with Crippen LogP contribution in [-0.2, 0) is 24.3 Å². The lowest BCUT2D eigenvalue weighted by Gasteiger charge is -2.18. The molecule has 2 aromatic carbocycles. The van der Waals surface area contributed by atoms with Crippen LogP contribution in [-0.4, -0.2) is 23.9 Å². The van der Waals surface area contributed by atoms with E-state index in [1.807, 2.05) is 12.1 Å². The van der Waals surface area contributed by atoms with Gasteiger partial charge >= 0.3 is 0 Å². The molecule has 0 aromatic heterocycles. The SMILES string of the molecule is CCN(CC)Cc1ccc(CNC(=O)CCc2ccc(C#N)cc2)cc1. The lowest BCUT2D eigenvalue weighted by molar-refractivity contribution is -0.121. The van der Waals surface area contributed by atoms with Gasteiger partial charge in [0.25, 0.3) is 0 Å². The maximum Gasteiger partial charge on any atom is 0.220 e. The molecule has 1 N–H and O–H groups in total. The number of hydrogen-bond donors (Lipinski definition) is 1. The minimum Gasteiger partial charge on any atom is -0.352 e. The maximum atomic E-state index is 12.0. The second kappa shape index (κ2) is 10.4. The van der Waals surface area contributed by atoms with Crippen LogP contribution in [0.15, 0.2) is 48.5 Å². The van der Waals surface area contributed by atoms with Crippen molar-refractivity contribution in [3.63, 3.8) is 0 Å². The van der Waals surface area contributed by atoms with Crippen molar-refractivity contribution in [1.29, 1.82) is 5.26 Å². The Hall–Kier alpha value is -2.64. The quantitative estimate of drug-likeness (QED) is 0.752. The van der Waals surface area contributed by atoms with Crippen molar-refractivity contribution in [2.75, 3.05) is 13.1 Å². The highest BCUT2D eigenvalue weighted by Crippen LogP contribution is 2.09. The lowest BCUT2D eigenvalue weighted by atomic mass is 10.1. The highest BCUT2D eigenvalue weighted by atomic mass is 16.1. The molecule has 4 heteroatoms. The summed E-state index contributed by atoms with van der Waals surface area (Å²) in [7, 11) is 0. The number of nitrogens with one attached hydrogen (secondary N) is 1. The second-order valence-electron chi connectivity index (χ2n) is 6.36. The smallest absolute Gasteiger partial charge is 0.220 e. The van der Waals surface area contributed by atoms with Gasteiger partial charge in [0, 0.05) is 19.5 Å². The molecule has 0 spiro atoms. The molecule has 2 aromatic rings. The summed E-state index contributed by atoms with van der Waals surface area (Å²) in [5, 5.41) is 11.8. The van der Waals surface area contributed by atoms with Crippen LogP contribution in [0.25, 0.3) is 0 Å². The summed E-state index contributed by atoms with van der Waals surface area (Å²) in [6, 6.07) is 17.9. The van der Waals surface area contributed by atoms with Crippen LogP contribution in [0.1, 0.15) is 42.5 Å². The Morgan fingerprint density at radius 1 is 0.962 bits per heavy atom. The third-order valence-electron chi connectivity index (χ3n) is 4.54. The average Bonchev–Trinajstić information content (AvgIpc) is 2.70. The molecule has 4 nitrogen and oxygen atoms in total. The van der Waals surface area contributed by atoms with Crippen LogP contribution >= 0.6 is 0 Å². The fourth-order valence-corrected chi connectivity index (χ4v) is 2.76. The molecule has 2 rings (SSSR count). The predicted octanol–water partition coefficient (Wildman–Crippen LogP) is 3.65. The lowest BCUT2D eigenvalue weighted by Crippen LogP contribution is -2.23. The highest BCUT2D eigenvalue weighted by Gasteiger charge is 2.04. The van der Waals surface area contributed by atoms with Gasteiger partial charge in [-0.2, -0.15) is 5.26 Å². The number of aryl methyl sites for hydroxylation is 1. The van der Waals surface area contributed by atoms with E-state index in [0.717, 1.165) is 30.8 Å². The van der Waals surface area contributed by atoms with Crippen molar-refractivity contribution in [3.8, 4) is 6.07 Å². The topological polar surface area (TPSA) is 56.1 Å². The normalized spacial score (nSPS) is 10.5. The number of carbonyl (C=O) groups is 1. The number of nitrogens with zero attached hydrogens (tertiary/aromatic N) is 2. The van der Waals surface area contributed by atoms with Gasteiger partial charge < -0.3 is 5.32 Å². The van der Waals surface area contributed by atoms with Crippen LogP contribution in [0.5, 0.6) is 0 Å². The molecule has 0 aliphatic rings. The molecule has 0 fully saturated rings. The number of hydrogen-bond acceptors (Lipinski definition) is 3. The monoisotopic (exact) mass is 349 g/mol. The molecule has 0 aliphatic carbocycles. The molecule has 0 saturated heterocycles. The first-order valence-corrected chi connectivity index (χ1v) is 9.20. The largest absolute Gasteiger partial charge is 0.352 e. The number of rotatable bonds is 9. The van der Waals surface area contributed by atoms with E-state index in [-0.39, 0.29) is 5.91 Å². The number of nitriles is 1. The van der Waals surface area contributed by atoms with E-state index in [2.05, 4.69) is 54.4 Å². The molecule has 136 valence electrons. The van der Waals surface area contributed by atoms with E-state index in [0.29, 0.717) is 24.9 Å². The van der Waals surface area contributed by atoms with Crippen molar-refractivity contribution in [2.24, 2.45) is 0 Å². The molecule has 26 heavy (non-hydrogen) atoms. The highest BCUT2D eigenvalue weighted by molar-refractivity contribution is 5.76. The first-order chi connectivity index (χ1) is 12.6. The van der Waals surface area contributed by atoms with Gasteiger partial charge in [-0.05, 0) is 48.3 Å². The van der Waals surface area contributed by atoms with Gasteiger partial charge in [-0.25, -0.2) is 0 Å². The van der Waals surface area contributed by atoms with Crippen LogP contribution in [0.2, 0.25) is 0 Å². The van der Waals surface area contributed by atoms with Crippen molar-refractivity contribution in [3.05, 3.63) is 70.8 Å². The summed E-state index contributed by atoms with van der Waals surface area (Å²) in [6.07, 6.45) is 1.13. The molecular formula is C22H27N3O. The fraction of sp³-hybridized carbons (Fsp3) is 0.364. The Kier molecular flexibility index (Phi) is 7.85. The average molecular weight is 349 g/mol. The van der Waals surface area contributed by atoms with Gasteiger partial charge in [0.2, 0.25) is 5.91 Å². The minimum absolute atomic E-state index is 0.0431. The summed E-state index contributed by atoms with van der Waals surface area (Å²) in [5.74, 6) is 0.0431. The first kappa shape index (κ1) is 19.7. The maximum absolute atomic E-state index is 12.0. The van der Waals surface area contributed by atoms with Gasteiger partial charge in [0.15, 0.2) is 0 Å². The van der Waals surface area contributed by atoms with Crippen molar-refractivity contribution in [1.82, 2.24) is 10.2 Å². The van der Waals surface area contributed by atoms with Gasteiger partial charge in [0.1, 0.15) is 0 Å². The van der Waals surface area contributed by atoms with Gasteiger partial charge in [-0.3, -0.25) is 9.69 Å². The van der Waals surface area contributed by atoms with E-state index >= 15 is 0 Å². The summed E-state index contributed by atoms with van der Waals surface area (Å²) >= 11 is 0. The molecule has 0 bridgehead atoms. The fourth-order valence-electron chi connectivity index (χ4n) is 2.76. The Bertz CT molecular complexity index is 725. The van der Waals surface area contributed by atoms with Gasteiger partial charge in [-0.15, -0.1) is 0 Å². The summed E-state index contributed by atoms with van der Waals surface area (Å²) in [6.45, 7) is 7.96. The van der Waals surface area contributed by atoms with E-state index in [4.69, 9.17) is 5.26 Å². The second-order valence-corrected chi connectivity index (χ2v) is 6.36. The minimum atomic E-state index is 0.0431. The van der Waals surface area contributed by atoms with E-state index in [1.165, 1.54) is 5.56 Å². The summed E-state index contributed by atoms with van der Waals surface area (Å²) < 4.78 is 0. The molecule has 0 radical (unpaired) electrons. The Morgan fingerprint density at radius 3 is 2.12 bits per heavy atom. The standard InChI is InChI=1S/C22H27N3O/c1-3-25(4-2)17-21-11-9-20(10-12-21)16-24-22(26)14-13-18-5-7-19(15-23)8-6-18/h5-12H,3-4,13-14,16-17H2,1-2H3,(H,24,26). The van der Waals surface area contributed by atoms with Gasteiger partial charge in [-0.1, -0.05) is 50.2 Å². The van der Waals surface area contributed by atoms with Crippen LogP contribution in [0.4, 0.5) is 0 Å². The first-order valence-electron chi connectivity index (χ1n) is 9.20. The zero-order valence-electron chi connectivity index (χ0n) is 15.7. The number of carbonyl (C=O) groups excluding carboxylic acids is 1. The molecule has 0 aliphatic heterocycles. The number of benzene rings is 2. The third kappa shape index (κ3) is 6.34. The zero-order chi connectivity index (χ0) is 18.8. The molecule has 0 heterocycles. The van der Waals surface area contributed by atoms with E-state index < -0.39 is 0 Å². The van der Waals surface area contributed by atoms with E-state index in [9.17, 15) is 4.79 Å². The molecule has 1 amide bonds. The molecule has 0 saturated carbocycles. The van der Waals surface area contributed by atoms with Crippen molar-refractivity contribution < 1.29 is 4.79 Å². The van der Waals surface area contributed by atoms with Crippen LogP contribution in [0, 0.1) is 11.3 Å². The number of amides is 1. The summed E-state index contributed by atoms with van der Waals surface area (Å²) in [4.78, 5) is 14.4. The summed E-state index contributed by atoms with van der Waals surface area (Å²) in [5.41, 5.74) is 4.12. The Morgan fingerprint density at radius 2 is 1.54 bits per heavy atom. The zero-order valence-corrected chi connectivity index (χ0v) is 15.7. The predicted molar refractivity (Wildman–Crippen MR) is 104 cm³/mol. The third-order valence-corrected chi connectivity index (χ3v) is 4.54. The molecule has 0 atom stereocenters. The molecular weight excluding hydrogens is 322 g/mol. The Labute approximate surface area is 156 Å². The van der Waals surface area contributed by atoms with Crippen LogP contribution < -0.4 is 5.32 Å². The van der Waals surface area contributed by atoms with E-state index in [1.54, 1.807) is 12.1 Å². The Balaban J connectivity index is 1.75. The molecule has 0 unspecified atom stereocenters. The van der Waals surface area contributed by atoms with Gasteiger partial charge in [0.05, 0.1) is 11.6 Å². The van der Waals surface area contributed by atoms with Crippen molar-refractivity contribution >= 4 is 5.91 Å². The van der Waals surface area contributed by atoms with Crippen LogP contribution in [0.3, 0.4) is 0 Å². The van der Waals surface area contributed by atoms with Crippen molar-refractivity contribution in [2.45, 2.75) is 39.8 Å².